The lowest BCUT2D eigenvalue weighted by atomic mass is 10.1. The van der Waals surface area contributed by atoms with Gasteiger partial charge in [0.05, 0.1) is 12.2 Å². The Morgan fingerprint density at radius 2 is 1.97 bits per heavy atom. The van der Waals surface area contributed by atoms with E-state index in [1.54, 1.807) is 12.4 Å². The van der Waals surface area contributed by atoms with Gasteiger partial charge in [0, 0.05) is 50.7 Å². The maximum absolute atomic E-state index is 12.2. The molecule has 4 rings (SSSR count). The maximum atomic E-state index is 12.2. The normalized spacial score (nSPS) is 32.2. The van der Waals surface area contributed by atoms with Crippen molar-refractivity contribution in [1.82, 2.24) is 19.9 Å². The molecule has 2 aliphatic heterocycles. The van der Waals surface area contributed by atoms with Crippen LogP contribution in [0.15, 0.2) is 46.4 Å². The number of ether oxygens (including phenoxy) is 3. The molecule has 0 radical (unpaired) electrons. The lowest BCUT2D eigenvalue weighted by Gasteiger charge is -2.28. The molecule has 2 aromatic rings. The highest BCUT2D eigenvalue weighted by atomic mass is 16.7. The van der Waals surface area contributed by atoms with E-state index in [9.17, 15) is 24.9 Å². The predicted molar refractivity (Wildman–Crippen MR) is 116 cm³/mol. The summed E-state index contributed by atoms with van der Waals surface area (Å²) in [6.07, 6.45) is -3.30. The summed E-state index contributed by atoms with van der Waals surface area (Å²) in [7, 11) is 0. The summed E-state index contributed by atoms with van der Waals surface area (Å²) in [6.45, 7) is 0.727. The molecule has 0 bridgehead atoms. The number of nitrogens with one attached hydrogen (secondary N) is 2. The second-order valence-electron chi connectivity index (χ2n) is 8.31. The topological polar surface area (TPSA) is 194 Å². The van der Waals surface area contributed by atoms with Crippen molar-refractivity contribution in [3.05, 3.63) is 63.2 Å². The minimum atomic E-state index is -1.32. The second-order valence-corrected chi connectivity index (χ2v) is 8.31. The molecule has 0 aromatic carbocycles. The molecule has 13 nitrogen and oxygen atoms in total. The fourth-order valence-electron chi connectivity index (χ4n) is 4.12. The van der Waals surface area contributed by atoms with Crippen molar-refractivity contribution in [1.29, 1.82) is 0 Å². The van der Waals surface area contributed by atoms with Crippen LogP contribution in [0, 0.1) is 0 Å². The zero-order chi connectivity index (χ0) is 24.2. The molecular weight excluding hydrogens is 450 g/mol. The van der Waals surface area contributed by atoms with Crippen molar-refractivity contribution in [2.45, 2.75) is 62.1 Å². The smallest absolute Gasteiger partial charge is 0.330 e. The van der Waals surface area contributed by atoms with E-state index in [1.165, 1.54) is 6.20 Å². The summed E-state index contributed by atoms with van der Waals surface area (Å²) in [6, 6.07) is 4.86. The van der Waals surface area contributed by atoms with E-state index in [2.05, 4.69) is 15.3 Å². The number of aliphatic hydroxyl groups is 3. The van der Waals surface area contributed by atoms with Gasteiger partial charge in [-0.25, -0.2) is 4.79 Å². The van der Waals surface area contributed by atoms with E-state index in [4.69, 9.17) is 19.9 Å². The number of hydrogen-bond acceptors (Lipinski definition) is 11. The Bertz CT molecular complexity index is 1050. The van der Waals surface area contributed by atoms with Crippen molar-refractivity contribution >= 4 is 0 Å². The molecule has 2 fully saturated rings. The van der Waals surface area contributed by atoms with Crippen molar-refractivity contribution in [3.63, 3.8) is 0 Å². The zero-order valence-corrected chi connectivity index (χ0v) is 18.3. The van der Waals surface area contributed by atoms with E-state index in [-0.39, 0.29) is 19.5 Å². The van der Waals surface area contributed by atoms with Gasteiger partial charge in [-0.1, -0.05) is 0 Å². The highest BCUT2D eigenvalue weighted by molar-refractivity contribution is 5.09. The molecule has 186 valence electrons. The highest BCUT2D eigenvalue weighted by Crippen LogP contribution is 2.32. The van der Waals surface area contributed by atoms with E-state index >= 15 is 0 Å². The SMILES string of the molecule is NC[C@H]1O[C@@H](O[C@@H](CNCc2ccncc2)[C@@H]2C[C@@H](O)[C@H](n3ccc(=O)[nH]c3=O)O2)[C@H](O)[C@@H]1O. The molecule has 2 aliphatic rings. The average molecular weight is 479 g/mol. The summed E-state index contributed by atoms with van der Waals surface area (Å²) in [4.78, 5) is 29.7. The van der Waals surface area contributed by atoms with Gasteiger partial charge >= 0.3 is 5.69 Å². The van der Waals surface area contributed by atoms with Crippen molar-refractivity contribution in [3.8, 4) is 0 Å². The Labute approximate surface area is 194 Å². The molecule has 0 aliphatic carbocycles. The van der Waals surface area contributed by atoms with Crippen LogP contribution in [0.3, 0.4) is 0 Å². The van der Waals surface area contributed by atoms with Crippen LogP contribution in [-0.4, -0.2) is 85.9 Å². The van der Waals surface area contributed by atoms with Crippen molar-refractivity contribution < 1.29 is 29.5 Å². The number of pyridine rings is 1. The maximum Gasteiger partial charge on any atom is 0.330 e. The largest absolute Gasteiger partial charge is 0.388 e. The molecule has 7 N–H and O–H groups in total. The molecule has 0 amide bonds. The first-order valence-corrected chi connectivity index (χ1v) is 11.0. The number of aromatic nitrogens is 3. The number of nitrogens with two attached hydrogens (primary N) is 1. The zero-order valence-electron chi connectivity index (χ0n) is 18.3. The molecule has 4 heterocycles. The predicted octanol–water partition coefficient (Wildman–Crippen LogP) is -2.84. The van der Waals surface area contributed by atoms with Crippen molar-refractivity contribution in [2.24, 2.45) is 5.73 Å². The molecule has 13 heteroatoms. The molecule has 8 atom stereocenters. The number of aliphatic hydroxyl groups excluding tert-OH is 3. The number of rotatable bonds is 9. The van der Waals surface area contributed by atoms with Gasteiger partial charge < -0.3 is 40.6 Å². The summed E-state index contributed by atoms with van der Waals surface area (Å²) in [5.74, 6) is 0. The van der Waals surface area contributed by atoms with Crippen LogP contribution in [0.2, 0.25) is 0 Å². The monoisotopic (exact) mass is 479 g/mol. The number of H-pyrrole nitrogens is 1. The average Bonchev–Trinajstić information content (AvgIpc) is 3.33. The molecule has 0 spiro atoms. The van der Waals surface area contributed by atoms with Crippen LogP contribution in [0.1, 0.15) is 18.2 Å². The minimum absolute atomic E-state index is 0.00110. The molecule has 2 saturated heterocycles. The molecular formula is C21H29N5O8. The van der Waals surface area contributed by atoms with Gasteiger partial charge in [-0.2, -0.15) is 0 Å². The summed E-state index contributed by atoms with van der Waals surface area (Å²) in [5.41, 5.74) is 5.29. The van der Waals surface area contributed by atoms with Gasteiger partial charge in [0.1, 0.15) is 24.4 Å². The molecule has 0 saturated carbocycles. The number of nitrogens with zero attached hydrogens (tertiary/aromatic N) is 2. The van der Waals surface area contributed by atoms with Gasteiger partial charge in [0.25, 0.3) is 5.56 Å². The van der Waals surface area contributed by atoms with Crippen LogP contribution in [-0.2, 0) is 20.8 Å². The number of aromatic amines is 1. The summed E-state index contributed by atoms with van der Waals surface area (Å²) < 4.78 is 18.6. The molecule has 0 unspecified atom stereocenters. The Morgan fingerprint density at radius 3 is 2.65 bits per heavy atom. The first-order chi connectivity index (χ1) is 16.4. The first-order valence-electron chi connectivity index (χ1n) is 11.0. The third kappa shape index (κ3) is 5.42. The van der Waals surface area contributed by atoms with Crippen LogP contribution in [0.5, 0.6) is 0 Å². The summed E-state index contributed by atoms with van der Waals surface area (Å²) in [5, 5.41) is 34.3. The van der Waals surface area contributed by atoms with E-state index in [1.807, 2.05) is 12.1 Å². The van der Waals surface area contributed by atoms with E-state index in [0.29, 0.717) is 6.54 Å². The Morgan fingerprint density at radius 1 is 1.21 bits per heavy atom. The quantitative estimate of drug-likeness (QED) is 0.217. The molecule has 34 heavy (non-hydrogen) atoms. The lowest BCUT2D eigenvalue weighted by molar-refractivity contribution is -0.213. The summed E-state index contributed by atoms with van der Waals surface area (Å²) >= 11 is 0. The minimum Gasteiger partial charge on any atom is -0.388 e. The first kappa shape index (κ1) is 24.6. The van der Waals surface area contributed by atoms with E-state index in [0.717, 1.165) is 16.2 Å². The Kier molecular flexibility index (Phi) is 7.85. The highest BCUT2D eigenvalue weighted by Gasteiger charge is 2.46. The van der Waals surface area contributed by atoms with Gasteiger partial charge in [-0.3, -0.25) is 19.3 Å². The van der Waals surface area contributed by atoms with Crippen LogP contribution < -0.4 is 22.3 Å². The van der Waals surface area contributed by atoms with Gasteiger partial charge in [-0.05, 0) is 17.7 Å². The second kappa shape index (κ2) is 10.8. The number of hydrogen-bond donors (Lipinski definition) is 6. The standard InChI is InChI=1S/C21H29N5O8/c22-8-14-17(29)18(30)20(33-14)34-15(10-24-9-11-1-4-23-5-2-11)13-7-12(27)19(32-13)26-6-3-16(28)25-21(26)31/h1-6,12-15,17-20,24,27,29-30H,7-10,22H2,(H,25,28,31)/t12-,13+,14-,15+,17-,18-,19-,20+/m1/s1. The van der Waals surface area contributed by atoms with Crippen LogP contribution >= 0.6 is 0 Å². The van der Waals surface area contributed by atoms with Gasteiger partial charge in [0.15, 0.2) is 12.5 Å². The Hall–Kier alpha value is -2.49. The van der Waals surface area contributed by atoms with Gasteiger partial charge in [-0.15, -0.1) is 0 Å². The third-order valence-electron chi connectivity index (χ3n) is 5.94. The van der Waals surface area contributed by atoms with Crippen LogP contribution in [0.4, 0.5) is 0 Å². The fraction of sp³-hybridized carbons (Fsp3) is 0.571. The molecule has 2 aromatic heterocycles. The lowest BCUT2D eigenvalue weighted by Crippen LogP contribution is -2.44. The fourth-order valence-corrected chi connectivity index (χ4v) is 4.12. The van der Waals surface area contributed by atoms with Crippen molar-refractivity contribution in [2.75, 3.05) is 13.1 Å². The Balaban J connectivity index is 1.48. The van der Waals surface area contributed by atoms with Gasteiger partial charge in [0.2, 0.25) is 0 Å². The van der Waals surface area contributed by atoms with E-state index < -0.39 is 60.4 Å². The third-order valence-corrected chi connectivity index (χ3v) is 5.94. The van der Waals surface area contributed by atoms with Crippen LogP contribution in [0.25, 0.3) is 0 Å².